The number of piperidine rings is 1. The van der Waals surface area contributed by atoms with Gasteiger partial charge in [0.1, 0.15) is 6.10 Å². The smallest absolute Gasteiger partial charge is 0.339 e. The average Bonchev–Trinajstić information content (AvgIpc) is 2.94. The summed E-state index contributed by atoms with van der Waals surface area (Å²) in [4.78, 5) is 26.9. The second kappa shape index (κ2) is 12.3. The molecule has 1 aromatic carbocycles. The second-order valence-electron chi connectivity index (χ2n) is 8.16. The van der Waals surface area contributed by atoms with Gasteiger partial charge in [0.25, 0.3) is 5.24 Å². The van der Waals surface area contributed by atoms with E-state index >= 15 is 0 Å². The van der Waals surface area contributed by atoms with Crippen LogP contribution in [0.2, 0.25) is 0 Å². The summed E-state index contributed by atoms with van der Waals surface area (Å²) >= 11 is 3.75. The third kappa shape index (κ3) is 7.00. The molecule has 0 spiro atoms. The topological polar surface area (TPSA) is 70.1 Å². The number of amides is 1. The molecule has 30 heavy (non-hydrogen) atoms. The Morgan fingerprint density at radius 1 is 1.13 bits per heavy atom. The Labute approximate surface area is 186 Å². The molecule has 0 aromatic heterocycles. The van der Waals surface area contributed by atoms with Crippen molar-refractivity contribution in [3.05, 3.63) is 35.9 Å². The summed E-state index contributed by atoms with van der Waals surface area (Å²) in [5.41, 5.74) is 0.591. The molecule has 168 valence electrons. The van der Waals surface area contributed by atoms with E-state index in [9.17, 15) is 14.7 Å². The van der Waals surface area contributed by atoms with Crippen molar-refractivity contribution in [1.82, 2.24) is 9.80 Å². The lowest BCUT2D eigenvalue weighted by Crippen LogP contribution is -2.43. The zero-order valence-corrected chi connectivity index (χ0v) is 19.3. The summed E-state index contributed by atoms with van der Waals surface area (Å²) < 4.78 is 5.52. The molecular weight excluding hydrogens is 400 g/mol. The van der Waals surface area contributed by atoms with Gasteiger partial charge in [0.05, 0.1) is 0 Å². The van der Waals surface area contributed by atoms with Crippen LogP contribution >= 0.6 is 12.6 Å². The lowest BCUT2D eigenvalue weighted by molar-refractivity contribution is -0.162. The molecule has 0 saturated carbocycles. The number of aliphatic hydroxyl groups is 1. The lowest BCUT2D eigenvalue weighted by Gasteiger charge is -2.36. The van der Waals surface area contributed by atoms with Crippen LogP contribution in [-0.2, 0) is 9.53 Å². The highest BCUT2D eigenvalue weighted by atomic mass is 32.1. The number of hydrogen-bond donors (Lipinski definition) is 2. The molecule has 4 atom stereocenters. The summed E-state index contributed by atoms with van der Waals surface area (Å²) in [6.07, 6.45) is 4.95. The Morgan fingerprint density at radius 2 is 1.67 bits per heavy atom. The third-order valence-electron chi connectivity index (χ3n) is 5.93. The highest BCUT2D eigenvalue weighted by Gasteiger charge is 2.40. The normalized spacial score (nSPS) is 23.8. The average molecular weight is 437 g/mol. The van der Waals surface area contributed by atoms with Crippen LogP contribution in [0.25, 0.3) is 0 Å². The fraction of sp³-hybridized carbons (Fsp3) is 0.652. The van der Waals surface area contributed by atoms with Gasteiger partial charge < -0.3 is 19.6 Å². The molecule has 2 aliphatic heterocycles. The zero-order valence-electron chi connectivity index (χ0n) is 18.4. The first-order valence-corrected chi connectivity index (χ1v) is 11.4. The van der Waals surface area contributed by atoms with E-state index in [1.54, 1.807) is 17.0 Å². The maximum atomic E-state index is 12.0. The molecule has 1 aromatic rings. The van der Waals surface area contributed by atoms with E-state index in [0.717, 1.165) is 38.8 Å². The number of carbonyl (C=O) groups is 2. The molecule has 2 saturated heterocycles. The van der Waals surface area contributed by atoms with Gasteiger partial charge in [-0.3, -0.25) is 4.79 Å². The maximum Gasteiger partial charge on any atom is 0.339 e. The Hall–Kier alpha value is -1.57. The monoisotopic (exact) mass is 436 g/mol. The van der Waals surface area contributed by atoms with Crippen LogP contribution in [0, 0.1) is 0 Å². The van der Waals surface area contributed by atoms with Gasteiger partial charge in [0.2, 0.25) is 0 Å². The van der Waals surface area contributed by atoms with Crippen LogP contribution in [0.5, 0.6) is 0 Å². The number of aliphatic hydroxyl groups excluding tert-OH is 1. The highest BCUT2D eigenvalue weighted by Crippen LogP contribution is 2.35. The van der Waals surface area contributed by atoms with Gasteiger partial charge in [0, 0.05) is 25.2 Å². The van der Waals surface area contributed by atoms with Crippen molar-refractivity contribution in [3.8, 4) is 0 Å². The van der Waals surface area contributed by atoms with E-state index < -0.39 is 12.1 Å². The van der Waals surface area contributed by atoms with Crippen molar-refractivity contribution in [2.45, 2.75) is 76.7 Å². The lowest BCUT2D eigenvalue weighted by atomic mass is 10.0. The van der Waals surface area contributed by atoms with Crippen LogP contribution in [0.4, 0.5) is 4.79 Å². The molecule has 2 aliphatic rings. The van der Waals surface area contributed by atoms with Crippen LogP contribution in [0.1, 0.15) is 64.0 Å². The van der Waals surface area contributed by atoms with Gasteiger partial charge in [-0.1, -0.05) is 56.8 Å². The summed E-state index contributed by atoms with van der Waals surface area (Å²) in [7, 11) is 2.15. The van der Waals surface area contributed by atoms with Gasteiger partial charge in [0.15, 0.2) is 6.10 Å². The van der Waals surface area contributed by atoms with Gasteiger partial charge in [-0.05, 0) is 51.1 Å². The molecule has 6 nitrogen and oxygen atoms in total. The number of benzene rings is 1. The highest BCUT2D eigenvalue weighted by molar-refractivity contribution is 7.96. The Balaban J connectivity index is 0.000000274. The number of ether oxygens (including phenoxy) is 1. The predicted octanol–water partition coefficient (Wildman–Crippen LogP) is 4.05. The molecule has 1 amide bonds. The quantitative estimate of drug-likeness (QED) is 0.499. The van der Waals surface area contributed by atoms with Crippen molar-refractivity contribution < 1.29 is 19.4 Å². The minimum Gasteiger partial charge on any atom is -0.460 e. The summed E-state index contributed by atoms with van der Waals surface area (Å²) in [6.45, 7) is 5.77. The van der Waals surface area contributed by atoms with Crippen LogP contribution in [0.3, 0.4) is 0 Å². The van der Waals surface area contributed by atoms with Crippen LogP contribution in [-0.4, -0.2) is 64.4 Å². The largest absolute Gasteiger partial charge is 0.460 e. The third-order valence-corrected chi connectivity index (χ3v) is 6.22. The van der Waals surface area contributed by atoms with Crippen molar-refractivity contribution in [3.63, 3.8) is 0 Å². The Bertz CT molecular complexity index is 652. The number of nitrogens with zero attached hydrogens (tertiary/aromatic N) is 2. The van der Waals surface area contributed by atoms with Crippen LogP contribution in [0.15, 0.2) is 30.3 Å². The zero-order chi connectivity index (χ0) is 22.1. The van der Waals surface area contributed by atoms with E-state index in [2.05, 4.69) is 38.4 Å². The first kappa shape index (κ1) is 24.7. The van der Waals surface area contributed by atoms with Gasteiger partial charge in [-0.2, -0.15) is 0 Å². The molecule has 2 bridgehead atoms. The molecule has 0 radical (unpaired) electrons. The van der Waals surface area contributed by atoms with Gasteiger partial charge in [-0.15, -0.1) is 0 Å². The Morgan fingerprint density at radius 3 is 2.13 bits per heavy atom. The molecular formula is C23H36N2O4S. The number of rotatable bonds is 7. The molecule has 0 aliphatic carbocycles. The standard InChI is InChI=1S/C16H21NO3.C7H15NOS/c1-17-12-7-8-13(17)10-14(9-12)20-16(19)15(18)11-5-3-2-4-6-11;1-3-5-8(6-4-2)7(9)10/h2-6,12-15,18H,7-10H2,1H3;3-6H2,1-2H3,(H,9,10)/t12-,13+,14?,15?;. The summed E-state index contributed by atoms with van der Waals surface area (Å²) in [5.74, 6) is -0.523. The molecule has 2 unspecified atom stereocenters. The summed E-state index contributed by atoms with van der Waals surface area (Å²) in [6, 6.07) is 10.0. The molecule has 1 N–H and O–H groups in total. The van der Waals surface area contributed by atoms with E-state index in [0.29, 0.717) is 17.6 Å². The minimum atomic E-state index is -1.17. The number of carbonyl (C=O) groups excluding carboxylic acids is 2. The van der Waals surface area contributed by atoms with Gasteiger partial charge >= 0.3 is 5.97 Å². The van der Waals surface area contributed by atoms with E-state index in [1.165, 1.54) is 12.8 Å². The molecule has 2 heterocycles. The van der Waals surface area contributed by atoms with Crippen molar-refractivity contribution in [1.29, 1.82) is 0 Å². The number of thiol groups is 1. The molecule has 2 fully saturated rings. The molecule has 7 heteroatoms. The maximum absolute atomic E-state index is 12.0. The summed E-state index contributed by atoms with van der Waals surface area (Å²) in [5, 5.41) is 9.93. The van der Waals surface area contributed by atoms with Crippen molar-refractivity contribution >= 4 is 23.8 Å². The Kier molecular flexibility index (Phi) is 10.1. The van der Waals surface area contributed by atoms with Crippen molar-refractivity contribution in [2.75, 3.05) is 20.1 Å². The first-order valence-electron chi connectivity index (χ1n) is 11.0. The van der Waals surface area contributed by atoms with E-state index in [1.807, 2.05) is 18.2 Å². The number of esters is 1. The predicted molar refractivity (Wildman–Crippen MR) is 122 cm³/mol. The first-order chi connectivity index (χ1) is 14.4. The molecule has 3 rings (SSSR count). The number of fused-ring (bicyclic) bond motifs is 2. The van der Waals surface area contributed by atoms with Crippen LogP contribution < -0.4 is 0 Å². The van der Waals surface area contributed by atoms with E-state index in [4.69, 9.17) is 4.74 Å². The number of hydrogen-bond acceptors (Lipinski definition) is 5. The minimum absolute atomic E-state index is 0.0467. The fourth-order valence-electron chi connectivity index (χ4n) is 4.30. The van der Waals surface area contributed by atoms with Gasteiger partial charge in [-0.25, -0.2) is 4.79 Å². The second-order valence-corrected chi connectivity index (χ2v) is 8.55. The SMILES string of the molecule is CCCN(CCC)C(=O)S.CN1[C@@H]2CC[C@H]1CC(OC(=O)C(O)c1ccccc1)C2. The van der Waals surface area contributed by atoms with Crippen molar-refractivity contribution in [2.24, 2.45) is 0 Å². The van der Waals surface area contributed by atoms with E-state index in [-0.39, 0.29) is 11.3 Å². The fourth-order valence-corrected chi connectivity index (χ4v) is 4.50.